The fourth-order valence-corrected chi connectivity index (χ4v) is 3.26. The number of nitrogens with zero attached hydrogens (tertiary/aromatic N) is 4. The van der Waals surface area contributed by atoms with E-state index >= 15 is 0 Å². The van der Waals surface area contributed by atoms with Gasteiger partial charge in [0.15, 0.2) is 11.5 Å². The second-order valence-corrected chi connectivity index (χ2v) is 8.04. The van der Waals surface area contributed by atoms with Crippen molar-refractivity contribution in [3.63, 3.8) is 0 Å². The van der Waals surface area contributed by atoms with Crippen LogP contribution in [0.25, 0.3) is 11.2 Å². The lowest BCUT2D eigenvalue weighted by molar-refractivity contribution is 0.607. The third kappa shape index (κ3) is 4.76. The lowest BCUT2D eigenvalue weighted by atomic mass is 10.3. The molecule has 0 unspecified atom stereocenters. The summed E-state index contributed by atoms with van der Waals surface area (Å²) >= 11 is 0. The Hall–Kier alpha value is -3.73. The molecule has 0 fully saturated rings. The van der Waals surface area contributed by atoms with Crippen molar-refractivity contribution in [2.24, 2.45) is 0 Å². The van der Waals surface area contributed by atoms with E-state index in [1.807, 2.05) is 12.1 Å². The second-order valence-electron chi connectivity index (χ2n) is 6.29. The van der Waals surface area contributed by atoms with Crippen molar-refractivity contribution in [1.29, 1.82) is 0 Å². The van der Waals surface area contributed by atoms with E-state index in [1.165, 1.54) is 0 Å². The normalized spacial score (nSPS) is 11.3. The Labute approximate surface area is 166 Å². The SMILES string of the molecule is CS(=O)(=O)Nc1cccc(Nc2nc(NCc3cccnc3)c3nc[nH]c3n2)c1. The lowest BCUT2D eigenvalue weighted by Gasteiger charge is -2.11. The zero-order valence-electron chi connectivity index (χ0n) is 15.4. The first-order valence-electron chi connectivity index (χ1n) is 8.65. The highest BCUT2D eigenvalue weighted by molar-refractivity contribution is 7.92. The average molecular weight is 410 g/mol. The van der Waals surface area contributed by atoms with Crippen LogP contribution in [-0.2, 0) is 16.6 Å². The third-order valence-corrected chi connectivity index (χ3v) is 4.49. The number of fused-ring (bicyclic) bond motifs is 1. The predicted octanol–water partition coefficient (Wildman–Crippen LogP) is 2.48. The fraction of sp³-hybridized carbons (Fsp3) is 0.111. The van der Waals surface area contributed by atoms with Gasteiger partial charge in [0.25, 0.3) is 0 Å². The highest BCUT2D eigenvalue weighted by atomic mass is 32.2. The van der Waals surface area contributed by atoms with Crippen LogP contribution < -0.4 is 15.4 Å². The maximum Gasteiger partial charge on any atom is 0.231 e. The van der Waals surface area contributed by atoms with Crippen molar-refractivity contribution in [3.8, 4) is 0 Å². The molecule has 1 aromatic carbocycles. The molecule has 4 aromatic rings. The van der Waals surface area contributed by atoms with Crippen LogP contribution in [0.1, 0.15) is 5.56 Å². The molecule has 0 saturated carbocycles. The number of aromatic nitrogens is 5. The zero-order valence-corrected chi connectivity index (χ0v) is 16.2. The van der Waals surface area contributed by atoms with Gasteiger partial charge in [-0.05, 0) is 29.8 Å². The molecule has 3 aromatic heterocycles. The van der Waals surface area contributed by atoms with Crippen LogP contribution in [0.5, 0.6) is 0 Å². The lowest BCUT2D eigenvalue weighted by Crippen LogP contribution is -2.09. The Morgan fingerprint density at radius 1 is 1.10 bits per heavy atom. The standard InChI is InChI=1S/C18H18N8O2S/c1-29(27,28)26-14-6-2-5-13(8-14)23-18-24-16(15-17(25-18)22-11-21-15)20-10-12-4-3-7-19-9-12/h2-9,11,26H,10H2,1H3,(H3,20,21,22,23,24,25). The molecule has 0 atom stereocenters. The first-order chi connectivity index (χ1) is 14.0. The van der Waals surface area contributed by atoms with Crippen molar-refractivity contribution in [2.45, 2.75) is 6.54 Å². The van der Waals surface area contributed by atoms with E-state index in [0.29, 0.717) is 40.8 Å². The van der Waals surface area contributed by atoms with E-state index in [9.17, 15) is 8.42 Å². The largest absolute Gasteiger partial charge is 0.364 e. The molecule has 10 nitrogen and oxygen atoms in total. The number of nitrogens with one attached hydrogen (secondary N) is 4. The minimum Gasteiger partial charge on any atom is -0.364 e. The molecule has 148 valence electrons. The molecule has 0 radical (unpaired) electrons. The smallest absolute Gasteiger partial charge is 0.231 e. The van der Waals surface area contributed by atoms with Gasteiger partial charge in [0, 0.05) is 24.6 Å². The van der Waals surface area contributed by atoms with Crippen LogP contribution in [0.4, 0.5) is 23.1 Å². The summed E-state index contributed by atoms with van der Waals surface area (Å²) in [4.78, 5) is 20.3. The van der Waals surface area contributed by atoms with Gasteiger partial charge in [-0.25, -0.2) is 13.4 Å². The molecule has 0 aliphatic rings. The number of hydrogen-bond acceptors (Lipinski definition) is 8. The number of hydrogen-bond donors (Lipinski definition) is 4. The third-order valence-electron chi connectivity index (χ3n) is 3.88. The molecule has 0 amide bonds. The van der Waals surface area contributed by atoms with E-state index in [4.69, 9.17) is 0 Å². The fourth-order valence-electron chi connectivity index (χ4n) is 2.71. The summed E-state index contributed by atoms with van der Waals surface area (Å²) in [6.07, 6.45) is 6.14. The predicted molar refractivity (Wildman–Crippen MR) is 111 cm³/mol. The molecule has 3 heterocycles. The van der Waals surface area contributed by atoms with Gasteiger partial charge in [-0.3, -0.25) is 9.71 Å². The summed E-state index contributed by atoms with van der Waals surface area (Å²) in [6, 6.07) is 10.7. The summed E-state index contributed by atoms with van der Waals surface area (Å²) in [5.74, 6) is 0.903. The molecule has 0 saturated heterocycles. The van der Waals surface area contributed by atoms with Crippen LogP contribution in [0.15, 0.2) is 55.1 Å². The summed E-state index contributed by atoms with van der Waals surface area (Å²) < 4.78 is 25.3. The molecular weight excluding hydrogens is 392 g/mol. The quantitative estimate of drug-likeness (QED) is 0.365. The van der Waals surface area contributed by atoms with Crippen molar-refractivity contribution < 1.29 is 8.42 Å². The minimum absolute atomic E-state index is 0.340. The number of sulfonamides is 1. The van der Waals surface area contributed by atoms with Gasteiger partial charge in [0.2, 0.25) is 16.0 Å². The molecule has 11 heteroatoms. The average Bonchev–Trinajstić information content (AvgIpc) is 3.14. The minimum atomic E-state index is -3.37. The number of H-pyrrole nitrogens is 1. The monoisotopic (exact) mass is 410 g/mol. The Morgan fingerprint density at radius 2 is 1.97 bits per heavy atom. The number of aromatic amines is 1. The van der Waals surface area contributed by atoms with Gasteiger partial charge < -0.3 is 15.6 Å². The molecule has 4 rings (SSSR count). The van der Waals surface area contributed by atoms with Crippen LogP contribution >= 0.6 is 0 Å². The molecule has 29 heavy (non-hydrogen) atoms. The van der Waals surface area contributed by atoms with Gasteiger partial charge >= 0.3 is 0 Å². The number of benzene rings is 1. The van der Waals surface area contributed by atoms with Gasteiger partial charge in [-0.15, -0.1) is 0 Å². The number of pyridine rings is 1. The molecule has 0 aliphatic heterocycles. The summed E-state index contributed by atoms with van der Waals surface area (Å²) in [5, 5.41) is 6.35. The molecule has 0 bridgehead atoms. The highest BCUT2D eigenvalue weighted by Gasteiger charge is 2.11. The maximum absolute atomic E-state index is 11.4. The number of imidazole rings is 1. The van der Waals surface area contributed by atoms with E-state index in [0.717, 1.165) is 11.8 Å². The van der Waals surface area contributed by atoms with Crippen molar-refractivity contribution in [2.75, 3.05) is 21.6 Å². The number of anilines is 4. The van der Waals surface area contributed by atoms with Crippen molar-refractivity contribution in [1.82, 2.24) is 24.9 Å². The number of rotatable bonds is 7. The summed E-state index contributed by atoms with van der Waals surface area (Å²) in [5.41, 5.74) is 3.27. The Morgan fingerprint density at radius 3 is 2.76 bits per heavy atom. The van der Waals surface area contributed by atoms with Crippen LogP contribution in [0, 0.1) is 0 Å². The van der Waals surface area contributed by atoms with Gasteiger partial charge in [0.1, 0.15) is 5.52 Å². The van der Waals surface area contributed by atoms with Crippen LogP contribution in [-0.4, -0.2) is 39.6 Å². The van der Waals surface area contributed by atoms with Gasteiger partial charge in [-0.2, -0.15) is 9.97 Å². The zero-order chi connectivity index (χ0) is 20.3. The first kappa shape index (κ1) is 18.6. The Balaban J connectivity index is 1.59. The van der Waals surface area contributed by atoms with E-state index in [-0.39, 0.29) is 0 Å². The van der Waals surface area contributed by atoms with E-state index in [1.54, 1.807) is 43.0 Å². The van der Waals surface area contributed by atoms with Gasteiger partial charge in [0.05, 0.1) is 18.3 Å². The second kappa shape index (κ2) is 7.72. The van der Waals surface area contributed by atoms with Crippen molar-refractivity contribution in [3.05, 3.63) is 60.7 Å². The first-order valence-corrected chi connectivity index (χ1v) is 10.5. The van der Waals surface area contributed by atoms with Crippen LogP contribution in [0.3, 0.4) is 0 Å². The molecular formula is C18H18N8O2S. The van der Waals surface area contributed by atoms with Crippen molar-refractivity contribution >= 4 is 44.3 Å². The van der Waals surface area contributed by atoms with Gasteiger partial charge in [-0.1, -0.05) is 12.1 Å². The Bertz CT molecular complexity index is 1240. The molecule has 0 spiro atoms. The van der Waals surface area contributed by atoms with E-state index < -0.39 is 10.0 Å². The van der Waals surface area contributed by atoms with Crippen LogP contribution in [0.2, 0.25) is 0 Å². The maximum atomic E-state index is 11.4. The molecule has 0 aliphatic carbocycles. The topological polar surface area (TPSA) is 138 Å². The summed E-state index contributed by atoms with van der Waals surface area (Å²) in [6.45, 7) is 0.528. The molecule has 4 N–H and O–H groups in total. The van der Waals surface area contributed by atoms with E-state index in [2.05, 4.69) is 40.3 Å². The Kier molecular flexibility index (Phi) is 4.96. The highest BCUT2D eigenvalue weighted by Crippen LogP contribution is 2.23. The summed E-state index contributed by atoms with van der Waals surface area (Å²) in [7, 11) is -3.37.